The van der Waals surface area contributed by atoms with E-state index >= 15 is 0 Å². The van der Waals surface area contributed by atoms with Gasteiger partial charge in [-0.2, -0.15) is 5.10 Å². The van der Waals surface area contributed by atoms with Crippen LogP contribution in [-0.4, -0.2) is 16.1 Å². The first kappa shape index (κ1) is 12.5. The highest BCUT2D eigenvalue weighted by atomic mass is 79.9. The van der Waals surface area contributed by atoms with Crippen LogP contribution >= 0.6 is 15.9 Å². The second-order valence-corrected chi connectivity index (χ2v) is 4.49. The van der Waals surface area contributed by atoms with E-state index in [0.717, 1.165) is 10.0 Å². The molecule has 1 heterocycles. The van der Waals surface area contributed by atoms with E-state index in [1.807, 2.05) is 19.1 Å². The van der Waals surface area contributed by atoms with Crippen molar-refractivity contribution in [1.82, 2.24) is 10.2 Å². The number of hydrogen-bond donors (Lipinski definition) is 2. The van der Waals surface area contributed by atoms with Gasteiger partial charge in [-0.15, -0.1) is 0 Å². The van der Waals surface area contributed by atoms with Crippen molar-refractivity contribution in [2.75, 3.05) is 5.32 Å². The molecule has 1 aromatic carbocycles. The standard InChI is InChI=1S/C12H10BrN3O2/c1-7-3-2-4-8(11(7)13)14-12(18)9-5-6-10(17)16-15-9/h2-6H,1H3,(H,14,18)(H,16,17). The quantitative estimate of drug-likeness (QED) is 0.892. The van der Waals surface area contributed by atoms with Crippen LogP contribution in [0.3, 0.4) is 0 Å². The first-order valence-corrected chi connectivity index (χ1v) is 5.99. The second kappa shape index (κ2) is 5.14. The molecule has 1 amide bonds. The summed E-state index contributed by atoms with van der Waals surface area (Å²) >= 11 is 3.40. The number of aryl methyl sites for hydroxylation is 1. The topological polar surface area (TPSA) is 74.8 Å². The first-order chi connectivity index (χ1) is 8.58. The molecule has 2 rings (SSSR count). The summed E-state index contributed by atoms with van der Waals surface area (Å²) in [6.45, 7) is 1.93. The van der Waals surface area contributed by atoms with Crippen LogP contribution in [-0.2, 0) is 0 Å². The number of carbonyl (C=O) groups excluding carboxylic acids is 1. The van der Waals surface area contributed by atoms with Gasteiger partial charge in [0.2, 0.25) is 0 Å². The van der Waals surface area contributed by atoms with Crippen LogP contribution in [0.4, 0.5) is 5.69 Å². The molecule has 5 nitrogen and oxygen atoms in total. The minimum atomic E-state index is -0.377. The maximum absolute atomic E-state index is 11.9. The van der Waals surface area contributed by atoms with Gasteiger partial charge >= 0.3 is 0 Å². The van der Waals surface area contributed by atoms with Gasteiger partial charge in [-0.05, 0) is 40.5 Å². The number of halogens is 1. The zero-order chi connectivity index (χ0) is 13.1. The van der Waals surface area contributed by atoms with Gasteiger partial charge in [0.05, 0.1) is 5.69 Å². The lowest BCUT2D eigenvalue weighted by Crippen LogP contribution is -2.17. The second-order valence-electron chi connectivity index (χ2n) is 3.70. The van der Waals surface area contributed by atoms with Gasteiger partial charge in [0.1, 0.15) is 5.69 Å². The molecule has 2 N–H and O–H groups in total. The van der Waals surface area contributed by atoms with Crippen LogP contribution < -0.4 is 10.9 Å². The predicted molar refractivity (Wildman–Crippen MR) is 71.7 cm³/mol. The summed E-state index contributed by atoms with van der Waals surface area (Å²) in [4.78, 5) is 22.7. The lowest BCUT2D eigenvalue weighted by molar-refractivity contribution is 0.102. The lowest BCUT2D eigenvalue weighted by atomic mass is 10.2. The zero-order valence-corrected chi connectivity index (χ0v) is 11.1. The molecule has 0 fully saturated rings. The van der Waals surface area contributed by atoms with E-state index in [4.69, 9.17) is 0 Å². The molecule has 0 saturated heterocycles. The molecule has 0 atom stereocenters. The Morgan fingerprint density at radius 2 is 2.11 bits per heavy atom. The molecule has 2 aromatic rings. The summed E-state index contributed by atoms with van der Waals surface area (Å²) in [7, 11) is 0. The summed E-state index contributed by atoms with van der Waals surface area (Å²) in [5, 5.41) is 8.59. The number of H-pyrrole nitrogens is 1. The van der Waals surface area contributed by atoms with Gasteiger partial charge in [0.25, 0.3) is 11.5 Å². The molecule has 18 heavy (non-hydrogen) atoms. The smallest absolute Gasteiger partial charge is 0.276 e. The van der Waals surface area contributed by atoms with Gasteiger partial charge in [0.15, 0.2) is 0 Å². The number of nitrogens with one attached hydrogen (secondary N) is 2. The molecule has 0 bridgehead atoms. The predicted octanol–water partition coefficient (Wildman–Crippen LogP) is 2.09. The number of benzene rings is 1. The SMILES string of the molecule is Cc1cccc(NC(=O)c2ccc(=O)[nH]n2)c1Br. The summed E-state index contributed by atoms with van der Waals surface area (Å²) in [6.07, 6.45) is 0. The Labute approximate surface area is 111 Å². The Hall–Kier alpha value is -1.95. The molecular formula is C12H10BrN3O2. The largest absolute Gasteiger partial charge is 0.320 e. The molecule has 0 aliphatic heterocycles. The monoisotopic (exact) mass is 307 g/mol. The highest BCUT2D eigenvalue weighted by Gasteiger charge is 2.10. The molecule has 0 unspecified atom stereocenters. The molecule has 1 aromatic heterocycles. The lowest BCUT2D eigenvalue weighted by Gasteiger charge is -2.08. The number of carbonyl (C=O) groups is 1. The normalized spacial score (nSPS) is 10.1. The number of nitrogens with zero attached hydrogens (tertiary/aromatic N) is 1. The fourth-order valence-corrected chi connectivity index (χ4v) is 1.76. The van der Waals surface area contributed by atoms with Crippen LogP contribution in [0, 0.1) is 6.92 Å². The molecular weight excluding hydrogens is 298 g/mol. The van der Waals surface area contributed by atoms with Gasteiger partial charge in [0, 0.05) is 10.5 Å². The van der Waals surface area contributed by atoms with E-state index in [1.165, 1.54) is 12.1 Å². The number of aromatic nitrogens is 2. The number of anilines is 1. The molecule has 0 spiro atoms. The molecule has 0 radical (unpaired) electrons. The van der Waals surface area contributed by atoms with Crippen LogP contribution in [0.1, 0.15) is 16.1 Å². The summed E-state index contributed by atoms with van der Waals surface area (Å²) < 4.78 is 0.822. The Morgan fingerprint density at radius 1 is 1.33 bits per heavy atom. The third-order valence-corrected chi connectivity index (χ3v) is 3.40. The minimum Gasteiger partial charge on any atom is -0.320 e. The molecule has 92 valence electrons. The molecule has 0 saturated carbocycles. The van der Waals surface area contributed by atoms with Crippen molar-refractivity contribution >= 4 is 27.5 Å². The Balaban J connectivity index is 2.24. The van der Waals surface area contributed by atoms with Crippen LogP contribution in [0.2, 0.25) is 0 Å². The Kier molecular flexibility index (Phi) is 3.57. The van der Waals surface area contributed by atoms with E-state index in [9.17, 15) is 9.59 Å². The van der Waals surface area contributed by atoms with Crippen molar-refractivity contribution in [3.63, 3.8) is 0 Å². The first-order valence-electron chi connectivity index (χ1n) is 5.20. The fraction of sp³-hybridized carbons (Fsp3) is 0.0833. The van der Waals surface area contributed by atoms with E-state index in [1.54, 1.807) is 6.07 Å². The van der Waals surface area contributed by atoms with Gasteiger partial charge in [-0.3, -0.25) is 9.59 Å². The molecule has 6 heteroatoms. The summed E-state index contributed by atoms with van der Waals surface area (Å²) in [5.41, 5.74) is 1.49. The van der Waals surface area contributed by atoms with Crippen molar-refractivity contribution in [2.24, 2.45) is 0 Å². The van der Waals surface area contributed by atoms with E-state index in [0.29, 0.717) is 5.69 Å². The number of hydrogen-bond acceptors (Lipinski definition) is 3. The highest BCUT2D eigenvalue weighted by molar-refractivity contribution is 9.10. The summed E-state index contributed by atoms with van der Waals surface area (Å²) in [6, 6.07) is 8.18. The minimum absolute atomic E-state index is 0.156. The van der Waals surface area contributed by atoms with Crippen LogP contribution in [0.15, 0.2) is 39.6 Å². The fourth-order valence-electron chi connectivity index (χ4n) is 1.40. The molecule has 0 aliphatic carbocycles. The maximum atomic E-state index is 11.9. The van der Waals surface area contributed by atoms with Crippen molar-refractivity contribution in [2.45, 2.75) is 6.92 Å². The molecule has 0 aliphatic rings. The number of amides is 1. The Bertz CT molecular complexity index is 632. The maximum Gasteiger partial charge on any atom is 0.276 e. The summed E-state index contributed by atoms with van der Waals surface area (Å²) in [5.74, 6) is -0.377. The Morgan fingerprint density at radius 3 is 2.78 bits per heavy atom. The third-order valence-electron chi connectivity index (χ3n) is 2.35. The average Bonchev–Trinajstić information content (AvgIpc) is 2.36. The van der Waals surface area contributed by atoms with Crippen molar-refractivity contribution < 1.29 is 4.79 Å². The van der Waals surface area contributed by atoms with Crippen molar-refractivity contribution in [3.8, 4) is 0 Å². The van der Waals surface area contributed by atoms with E-state index < -0.39 is 0 Å². The van der Waals surface area contributed by atoms with E-state index in [-0.39, 0.29) is 17.2 Å². The van der Waals surface area contributed by atoms with Gasteiger partial charge in [-0.1, -0.05) is 12.1 Å². The van der Waals surface area contributed by atoms with Gasteiger partial charge in [-0.25, -0.2) is 5.10 Å². The number of rotatable bonds is 2. The van der Waals surface area contributed by atoms with Gasteiger partial charge < -0.3 is 5.32 Å². The number of aromatic amines is 1. The van der Waals surface area contributed by atoms with Crippen molar-refractivity contribution in [3.05, 3.63) is 56.4 Å². The van der Waals surface area contributed by atoms with Crippen LogP contribution in [0.25, 0.3) is 0 Å². The van der Waals surface area contributed by atoms with E-state index in [2.05, 4.69) is 31.4 Å². The zero-order valence-electron chi connectivity index (χ0n) is 9.53. The van der Waals surface area contributed by atoms with Crippen LogP contribution in [0.5, 0.6) is 0 Å². The average molecular weight is 308 g/mol. The third kappa shape index (κ3) is 2.65. The highest BCUT2D eigenvalue weighted by Crippen LogP contribution is 2.25. The van der Waals surface area contributed by atoms with Crippen molar-refractivity contribution in [1.29, 1.82) is 0 Å².